The number of aromatic nitrogens is 2. The first-order valence-electron chi connectivity index (χ1n) is 6.47. The molecule has 4 N–H and O–H groups in total. The van der Waals surface area contributed by atoms with Crippen molar-refractivity contribution in [3.63, 3.8) is 0 Å². The second-order valence-electron chi connectivity index (χ2n) is 4.51. The number of aliphatic hydroxyl groups is 2. The van der Waals surface area contributed by atoms with Crippen LogP contribution in [0.5, 0.6) is 0 Å². The Balaban J connectivity index is 0.000000422. The second-order valence-corrected chi connectivity index (χ2v) is 4.51. The minimum atomic E-state index is -1.12. The Morgan fingerprint density at radius 1 is 1.55 bits per heavy atom. The molecule has 1 fully saturated rings. The summed E-state index contributed by atoms with van der Waals surface area (Å²) in [5.74, 6) is -1.86. The van der Waals surface area contributed by atoms with Crippen LogP contribution in [-0.2, 0) is 9.53 Å². The third-order valence-corrected chi connectivity index (χ3v) is 2.92. The van der Waals surface area contributed by atoms with Crippen LogP contribution in [-0.4, -0.2) is 49.7 Å². The number of H-pyrrole nitrogens is 1. The fraction of sp³-hybridized carbons (Fsp3) is 0.583. The van der Waals surface area contributed by atoms with Crippen molar-refractivity contribution >= 4 is 5.97 Å². The Morgan fingerprint density at radius 3 is 2.59 bits per heavy atom. The molecular formula is C12H17FN2O7. The predicted octanol–water partition coefficient (Wildman–Crippen LogP) is -1.20. The molecule has 1 saturated heterocycles. The Hall–Kier alpha value is -2.04. The van der Waals surface area contributed by atoms with Crippen molar-refractivity contribution in [2.45, 2.75) is 38.2 Å². The zero-order valence-corrected chi connectivity index (χ0v) is 11.7. The highest BCUT2D eigenvalue weighted by Gasteiger charge is 2.35. The Labute approximate surface area is 123 Å². The van der Waals surface area contributed by atoms with Crippen molar-refractivity contribution in [1.29, 1.82) is 0 Å². The molecule has 0 amide bonds. The molecule has 0 aromatic carbocycles. The van der Waals surface area contributed by atoms with E-state index in [1.165, 1.54) is 0 Å². The van der Waals surface area contributed by atoms with Crippen LogP contribution in [0.1, 0.15) is 26.0 Å². The van der Waals surface area contributed by atoms with Gasteiger partial charge < -0.3 is 20.1 Å². The third-order valence-electron chi connectivity index (χ3n) is 2.92. The lowest BCUT2D eigenvalue weighted by Crippen LogP contribution is -2.34. The lowest BCUT2D eigenvalue weighted by molar-refractivity contribution is -0.136. The number of carbonyl (C=O) groups is 1. The minimum Gasteiger partial charge on any atom is -0.481 e. The lowest BCUT2D eigenvalue weighted by Gasteiger charge is -2.13. The number of halogens is 1. The molecule has 2 heterocycles. The molecule has 10 heteroatoms. The van der Waals surface area contributed by atoms with Crippen LogP contribution in [0.4, 0.5) is 4.39 Å². The van der Waals surface area contributed by atoms with Gasteiger partial charge in [-0.05, 0) is 0 Å². The first-order chi connectivity index (χ1) is 10.3. The number of ether oxygens (including phenoxy) is 1. The molecule has 3 atom stereocenters. The van der Waals surface area contributed by atoms with E-state index in [1.54, 1.807) is 11.9 Å². The van der Waals surface area contributed by atoms with Crippen molar-refractivity contribution in [3.05, 3.63) is 32.9 Å². The van der Waals surface area contributed by atoms with Crippen LogP contribution in [0.2, 0.25) is 0 Å². The summed E-state index contributed by atoms with van der Waals surface area (Å²) in [6, 6.07) is 0. The number of carboxylic acids is 1. The number of rotatable bonds is 3. The van der Waals surface area contributed by atoms with Gasteiger partial charge in [0.05, 0.1) is 18.9 Å². The largest absolute Gasteiger partial charge is 0.481 e. The molecule has 1 aliphatic heterocycles. The van der Waals surface area contributed by atoms with Gasteiger partial charge >= 0.3 is 11.7 Å². The molecule has 0 bridgehead atoms. The van der Waals surface area contributed by atoms with E-state index in [1.807, 2.05) is 0 Å². The first kappa shape index (κ1) is 18.0. The van der Waals surface area contributed by atoms with Gasteiger partial charge in [-0.25, -0.2) is 4.79 Å². The maximum atomic E-state index is 13.0. The number of nitrogens with zero attached hydrogens (tertiary/aromatic N) is 1. The Morgan fingerprint density at radius 2 is 2.14 bits per heavy atom. The number of aliphatic hydroxyl groups excluding tert-OH is 2. The molecule has 124 valence electrons. The third kappa shape index (κ3) is 4.48. The Bertz CT molecular complexity index is 627. The number of aliphatic carboxylic acids is 1. The maximum absolute atomic E-state index is 13.0. The zero-order valence-electron chi connectivity index (χ0n) is 11.7. The standard InChI is InChI=1S/C9H11FN2O5.C3H6O2/c10-4-2-12(9(16)11-8(4)15)7-1-5(14)6(3-13)17-7;1-2-3(4)5/h2,5-7,13-14H,1,3H2,(H,11,15,16);2H2,1H3,(H,4,5)/t5-,6+,7+;/m0./s1. The van der Waals surface area contributed by atoms with Gasteiger partial charge in [-0.3, -0.25) is 19.1 Å². The summed E-state index contributed by atoms with van der Waals surface area (Å²) in [5.41, 5.74) is -1.93. The van der Waals surface area contributed by atoms with E-state index in [0.717, 1.165) is 10.8 Å². The molecular weight excluding hydrogens is 303 g/mol. The smallest absolute Gasteiger partial charge is 0.330 e. The van der Waals surface area contributed by atoms with E-state index < -0.39 is 48.1 Å². The van der Waals surface area contributed by atoms with Crippen molar-refractivity contribution in [2.75, 3.05) is 6.61 Å². The van der Waals surface area contributed by atoms with Crippen LogP contribution in [0.15, 0.2) is 15.8 Å². The van der Waals surface area contributed by atoms with E-state index in [4.69, 9.17) is 14.9 Å². The van der Waals surface area contributed by atoms with Crippen LogP contribution in [0, 0.1) is 5.82 Å². The molecule has 1 aromatic rings. The van der Waals surface area contributed by atoms with Crippen molar-refractivity contribution in [1.82, 2.24) is 9.55 Å². The molecule has 0 spiro atoms. The number of nitrogens with one attached hydrogen (secondary N) is 1. The van der Waals surface area contributed by atoms with Crippen molar-refractivity contribution in [2.24, 2.45) is 0 Å². The Kier molecular flexibility index (Phi) is 6.40. The summed E-state index contributed by atoms with van der Waals surface area (Å²) in [5, 5.41) is 26.1. The zero-order chi connectivity index (χ0) is 16.9. The molecule has 0 unspecified atom stereocenters. The van der Waals surface area contributed by atoms with Gasteiger partial charge in [0.25, 0.3) is 5.56 Å². The van der Waals surface area contributed by atoms with Crippen molar-refractivity contribution < 1.29 is 29.2 Å². The summed E-state index contributed by atoms with van der Waals surface area (Å²) < 4.78 is 19.0. The summed E-state index contributed by atoms with van der Waals surface area (Å²) in [7, 11) is 0. The molecule has 1 aromatic heterocycles. The number of hydrogen-bond donors (Lipinski definition) is 4. The van der Waals surface area contributed by atoms with Crippen LogP contribution in [0.25, 0.3) is 0 Å². The van der Waals surface area contributed by atoms with Gasteiger partial charge in [0, 0.05) is 12.8 Å². The maximum Gasteiger partial charge on any atom is 0.330 e. The van der Waals surface area contributed by atoms with Crippen molar-refractivity contribution in [3.8, 4) is 0 Å². The van der Waals surface area contributed by atoms with Gasteiger partial charge in [0.2, 0.25) is 5.82 Å². The molecule has 22 heavy (non-hydrogen) atoms. The second kappa shape index (κ2) is 7.82. The molecule has 0 aliphatic carbocycles. The summed E-state index contributed by atoms with van der Waals surface area (Å²) in [4.78, 5) is 33.4. The highest BCUT2D eigenvalue weighted by Crippen LogP contribution is 2.26. The van der Waals surface area contributed by atoms with E-state index in [9.17, 15) is 23.9 Å². The number of hydrogen-bond acceptors (Lipinski definition) is 6. The van der Waals surface area contributed by atoms with Gasteiger partial charge in [0.1, 0.15) is 12.3 Å². The monoisotopic (exact) mass is 320 g/mol. The van der Waals surface area contributed by atoms with Gasteiger partial charge in [-0.1, -0.05) is 6.92 Å². The summed E-state index contributed by atoms with van der Waals surface area (Å²) in [6.07, 6.45) is -1.68. The van der Waals surface area contributed by atoms with E-state index in [2.05, 4.69) is 0 Å². The molecule has 0 radical (unpaired) electrons. The van der Waals surface area contributed by atoms with Gasteiger partial charge in [0.15, 0.2) is 0 Å². The highest BCUT2D eigenvalue weighted by atomic mass is 19.1. The van der Waals surface area contributed by atoms with E-state index in [0.29, 0.717) is 0 Å². The summed E-state index contributed by atoms with van der Waals surface area (Å²) in [6.45, 7) is 1.20. The summed E-state index contributed by atoms with van der Waals surface area (Å²) >= 11 is 0. The highest BCUT2D eigenvalue weighted by molar-refractivity contribution is 5.66. The van der Waals surface area contributed by atoms with Crippen LogP contribution < -0.4 is 11.2 Å². The van der Waals surface area contributed by atoms with Gasteiger partial charge in [-0.15, -0.1) is 0 Å². The quantitative estimate of drug-likeness (QED) is 0.548. The molecule has 0 saturated carbocycles. The average molecular weight is 320 g/mol. The molecule has 9 nitrogen and oxygen atoms in total. The SMILES string of the molecule is CCC(=O)O.O=c1[nH]c(=O)n([C@H]2C[C@H](O)[C@@H](CO)O2)cc1F. The lowest BCUT2D eigenvalue weighted by atomic mass is 10.2. The van der Waals surface area contributed by atoms with Crippen LogP contribution in [0.3, 0.4) is 0 Å². The number of carboxylic acid groups (broad SMARTS) is 1. The fourth-order valence-electron chi connectivity index (χ4n) is 1.72. The first-order valence-corrected chi connectivity index (χ1v) is 6.47. The van der Waals surface area contributed by atoms with E-state index >= 15 is 0 Å². The minimum absolute atomic E-state index is 0.0383. The predicted molar refractivity (Wildman–Crippen MR) is 70.8 cm³/mol. The topological polar surface area (TPSA) is 142 Å². The van der Waals surface area contributed by atoms with Crippen LogP contribution >= 0.6 is 0 Å². The molecule has 2 rings (SSSR count). The molecule has 1 aliphatic rings. The number of aromatic amines is 1. The normalized spacial score (nSPS) is 23.7. The van der Waals surface area contributed by atoms with E-state index in [-0.39, 0.29) is 12.8 Å². The van der Waals surface area contributed by atoms with Gasteiger partial charge in [-0.2, -0.15) is 4.39 Å². The fourth-order valence-corrected chi connectivity index (χ4v) is 1.72. The average Bonchev–Trinajstić information content (AvgIpc) is 2.84.